The number of aliphatic carboxylic acids is 1. The van der Waals surface area contributed by atoms with Crippen LogP contribution in [0, 0.1) is 6.92 Å². The summed E-state index contributed by atoms with van der Waals surface area (Å²) in [6, 6.07) is 4.21. The van der Waals surface area contributed by atoms with Crippen LogP contribution in [0.1, 0.15) is 43.6 Å². The summed E-state index contributed by atoms with van der Waals surface area (Å²) in [5, 5.41) is 8.59. The molecule has 5 nitrogen and oxygen atoms in total. The van der Waals surface area contributed by atoms with E-state index in [1.54, 1.807) is 0 Å². The van der Waals surface area contributed by atoms with Crippen molar-refractivity contribution in [3.8, 4) is 0 Å². The minimum absolute atomic E-state index is 0.0545. The van der Waals surface area contributed by atoms with Gasteiger partial charge in [0, 0.05) is 37.3 Å². The van der Waals surface area contributed by atoms with Crippen LogP contribution in [0.15, 0.2) is 12.1 Å². The summed E-state index contributed by atoms with van der Waals surface area (Å²) >= 11 is 0. The second kappa shape index (κ2) is 5.47. The molecule has 104 valence electrons. The second-order valence-electron chi connectivity index (χ2n) is 5.06. The third-order valence-corrected chi connectivity index (χ3v) is 3.79. The van der Waals surface area contributed by atoms with Gasteiger partial charge in [-0.05, 0) is 32.4 Å². The summed E-state index contributed by atoms with van der Waals surface area (Å²) in [5.74, 6) is -0.789. The van der Waals surface area contributed by atoms with Crippen molar-refractivity contribution in [2.75, 3.05) is 6.54 Å². The van der Waals surface area contributed by atoms with E-state index in [1.165, 1.54) is 5.69 Å². The van der Waals surface area contributed by atoms with Crippen molar-refractivity contribution >= 4 is 11.9 Å². The largest absolute Gasteiger partial charge is 0.481 e. The van der Waals surface area contributed by atoms with E-state index in [2.05, 4.69) is 23.6 Å². The molecule has 1 amide bonds. The Morgan fingerprint density at radius 2 is 2.05 bits per heavy atom. The molecule has 1 aromatic heterocycles. The normalized spacial score (nSPS) is 18.2. The SMILES string of the molecule is Cc1ccc2n1CCN(C(=O)CCCC(=O)O)C2C. The number of nitrogens with zero attached hydrogens (tertiary/aromatic N) is 2. The van der Waals surface area contributed by atoms with Crippen LogP contribution in [-0.4, -0.2) is 33.0 Å². The Hall–Kier alpha value is -1.78. The summed E-state index contributed by atoms with van der Waals surface area (Å²) < 4.78 is 2.24. The molecule has 1 aliphatic rings. The van der Waals surface area contributed by atoms with Gasteiger partial charge < -0.3 is 14.6 Å². The highest BCUT2D eigenvalue weighted by Crippen LogP contribution is 2.27. The first-order valence-corrected chi connectivity index (χ1v) is 6.68. The number of carboxylic acids is 1. The molecule has 0 fully saturated rings. The maximum Gasteiger partial charge on any atom is 0.303 e. The lowest BCUT2D eigenvalue weighted by Gasteiger charge is -2.35. The number of carbonyl (C=O) groups excluding carboxylic acids is 1. The molecule has 5 heteroatoms. The van der Waals surface area contributed by atoms with E-state index >= 15 is 0 Å². The Bertz CT molecular complexity index is 493. The number of aromatic nitrogens is 1. The maximum atomic E-state index is 12.1. The molecule has 0 spiro atoms. The molecule has 1 aromatic rings. The second-order valence-corrected chi connectivity index (χ2v) is 5.06. The molecule has 2 rings (SSSR count). The van der Waals surface area contributed by atoms with E-state index < -0.39 is 5.97 Å². The lowest BCUT2D eigenvalue weighted by Crippen LogP contribution is -2.41. The lowest BCUT2D eigenvalue weighted by molar-refractivity contribution is -0.137. The van der Waals surface area contributed by atoms with E-state index in [-0.39, 0.29) is 18.4 Å². The highest BCUT2D eigenvalue weighted by molar-refractivity contribution is 5.77. The van der Waals surface area contributed by atoms with Gasteiger partial charge in [0.05, 0.1) is 6.04 Å². The predicted molar refractivity (Wildman–Crippen MR) is 70.8 cm³/mol. The molecule has 1 N–H and O–H groups in total. The Balaban J connectivity index is 1.99. The van der Waals surface area contributed by atoms with E-state index in [9.17, 15) is 9.59 Å². The maximum absolute atomic E-state index is 12.1. The van der Waals surface area contributed by atoms with E-state index in [0.29, 0.717) is 19.4 Å². The molecular formula is C14H20N2O3. The fourth-order valence-electron chi connectivity index (χ4n) is 2.70. The number of aryl methyl sites for hydroxylation is 1. The van der Waals surface area contributed by atoms with Crippen LogP contribution in [-0.2, 0) is 16.1 Å². The Kier molecular flexibility index (Phi) is 3.93. The van der Waals surface area contributed by atoms with Crippen molar-refractivity contribution in [1.82, 2.24) is 9.47 Å². The first-order valence-electron chi connectivity index (χ1n) is 6.68. The molecule has 0 saturated heterocycles. The molecular weight excluding hydrogens is 244 g/mol. The van der Waals surface area contributed by atoms with Gasteiger partial charge in [-0.2, -0.15) is 0 Å². The summed E-state index contributed by atoms with van der Waals surface area (Å²) in [4.78, 5) is 24.4. The number of amides is 1. The third-order valence-electron chi connectivity index (χ3n) is 3.79. The van der Waals surface area contributed by atoms with Crippen molar-refractivity contribution in [2.24, 2.45) is 0 Å². The monoisotopic (exact) mass is 264 g/mol. The fraction of sp³-hybridized carbons (Fsp3) is 0.571. The summed E-state index contributed by atoms with van der Waals surface area (Å²) in [5.41, 5.74) is 2.38. The van der Waals surface area contributed by atoms with Gasteiger partial charge in [-0.3, -0.25) is 9.59 Å². The Morgan fingerprint density at radius 1 is 1.32 bits per heavy atom. The Labute approximate surface area is 112 Å². The number of fused-ring (bicyclic) bond motifs is 1. The van der Waals surface area contributed by atoms with Gasteiger partial charge >= 0.3 is 5.97 Å². The zero-order valence-corrected chi connectivity index (χ0v) is 11.4. The van der Waals surface area contributed by atoms with Crippen LogP contribution in [0.3, 0.4) is 0 Å². The molecule has 0 bridgehead atoms. The van der Waals surface area contributed by atoms with Gasteiger partial charge in [-0.1, -0.05) is 0 Å². The summed E-state index contributed by atoms with van der Waals surface area (Å²) in [6.45, 7) is 5.62. The predicted octanol–water partition coefficient (Wildman–Crippen LogP) is 1.95. The van der Waals surface area contributed by atoms with Crippen molar-refractivity contribution in [3.05, 3.63) is 23.5 Å². The minimum atomic E-state index is -0.844. The highest BCUT2D eigenvalue weighted by Gasteiger charge is 2.27. The Morgan fingerprint density at radius 3 is 2.74 bits per heavy atom. The number of hydrogen-bond acceptors (Lipinski definition) is 2. The number of carboxylic acid groups (broad SMARTS) is 1. The summed E-state index contributed by atoms with van der Waals surface area (Å²) in [7, 11) is 0. The molecule has 1 atom stereocenters. The van der Waals surface area contributed by atoms with Gasteiger partial charge in [0.15, 0.2) is 0 Å². The quantitative estimate of drug-likeness (QED) is 0.904. The zero-order chi connectivity index (χ0) is 14.0. The minimum Gasteiger partial charge on any atom is -0.481 e. The first kappa shape index (κ1) is 13.6. The smallest absolute Gasteiger partial charge is 0.303 e. The molecule has 0 radical (unpaired) electrons. The molecule has 2 heterocycles. The third kappa shape index (κ3) is 2.80. The van der Waals surface area contributed by atoms with Gasteiger partial charge in [0.2, 0.25) is 5.91 Å². The van der Waals surface area contributed by atoms with Gasteiger partial charge in [0.1, 0.15) is 0 Å². The molecule has 0 aliphatic carbocycles. The van der Waals surface area contributed by atoms with Crippen LogP contribution in [0.2, 0.25) is 0 Å². The molecule has 0 aromatic carbocycles. The van der Waals surface area contributed by atoms with Gasteiger partial charge in [-0.15, -0.1) is 0 Å². The van der Waals surface area contributed by atoms with Crippen molar-refractivity contribution in [3.63, 3.8) is 0 Å². The van der Waals surface area contributed by atoms with Crippen LogP contribution in [0.25, 0.3) is 0 Å². The van der Waals surface area contributed by atoms with Crippen molar-refractivity contribution in [1.29, 1.82) is 0 Å². The summed E-state index contributed by atoms with van der Waals surface area (Å²) in [6.07, 6.45) is 0.789. The van der Waals surface area contributed by atoms with E-state index in [1.807, 2.05) is 11.8 Å². The average Bonchev–Trinajstić information content (AvgIpc) is 2.72. The molecule has 0 saturated carbocycles. The number of rotatable bonds is 4. The zero-order valence-electron chi connectivity index (χ0n) is 11.4. The number of carbonyl (C=O) groups is 2. The van der Waals surface area contributed by atoms with Crippen LogP contribution >= 0.6 is 0 Å². The van der Waals surface area contributed by atoms with E-state index in [0.717, 1.165) is 12.2 Å². The van der Waals surface area contributed by atoms with Crippen LogP contribution < -0.4 is 0 Å². The first-order chi connectivity index (χ1) is 9.00. The van der Waals surface area contributed by atoms with Crippen molar-refractivity contribution < 1.29 is 14.7 Å². The standard InChI is InChI=1S/C14H20N2O3/c1-10-6-7-12-11(2)16(9-8-15(10)12)13(17)4-3-5-14(18)19/h6-7,11H,3-5,8-9H2,1-2H3,(H,18,19). The van der Waals surface area contributed by atoms with Gasteiger partial charge in [0.25, 0.3) is 0 Å². The van der Waals surface area contributed by atoms with Crippen LogP contribution in [0.5, 0.6) is 0 Å². The lowest BCUT2D eigenvalue weighted by atomic mass is 10.1. The topological polar surface area (TPSA) is 62.5 Å². The van der Waals surface area contributed by atoms with Crippen LogP contribution in [0.4, 0.5) is 0 Å². The molecule has 1 unspecified atom stereocenters. The average molecular weight is 264 g/mol. The fourth-order valence-corrected chi connectivity index (χ4v) is 2.70. The van der Waals surface area contributed by atoms with Crippen molar-refractivity contribution in [2.45, 2.75) is 45.7 Å². The molecule has 1 aliphatic heterocycles. The number of hydrogen-bond donors (Lipinski definition) is 1. The van der Waals surface area contributed by atoms with E-state index in [4.69, 9.17) is 5.11 Å². The highest BCUT2D eigenvalue weighted by atomic mass is 16.4. The van der Waals surface area contributed by atoms with Gasteiger partial charge in [-0.25, -0.2) is 0 Å². The molecule has 19 heavy (non-hydrogen) atoms.